The number of anilines is 1. The molecule has 0 saturated heterocycles. The monoisotopic (exact) mass is 417 g/mol. The highest BCUT2D eigenvalue weighted by Gasteiger charge is 2.20. The Hall–Kier alpha value is -2.64. The van der Waals surface area contributed by atoms with Gasteiger partial charge in [0.1, 0.15) is 16.3 Å². The van der Waals surface area contributed by atoms with Crippen LogP contribution in [0, 0.1) is 0 Å². The zero-order valence-corrected chi connectivity index (χ0v) is 15.1. The normalized spacial score (nSPS) is 10.9. The lowest BCUT2D eigenvalue weighted by Crippen LogP contribution is -2.10. The third-order valence-corrected chi connectivity index (χ3v) is 4.76. The van der Waals surface area contributed by atoms with Crippen LogP contribution in [0.1, 0.15) is 16.1 Å². The maximum Gasteiger partial charge on any atom is 0.339 e. The van der Waals surface area contributed by atoms with Gasteiger partial charge in [-0.3, -0.25) is 4.79 Å². The Morgan fingerprint density at radius 1 is 1.20 bits per heavy atom. The van der Waals surface area contributed by atoms with E-state index < -0.39 is 11.9 Å². The molecule has 0 spiro atoms. The van der Waals surface area contributed by atoms with Crippen molar-refractivity contribution in [2.75, 3.05) is 5.32 Å². The Morgan fingerprint density at radius 2 is 1.96 bits per heavy atom. The fraction of sp³-hybridized carbons (Fsp3) is 0. The first kappa shape index (κ1) is 17.2. The molecule has 0 aliphatic heterocycles. The highest BCUT2D eigenvalue weighted by molar-refractivity contribution is 9.10. The molecular weight excluding hydrogens is 406 g/mol. The fourth-order valence-electron chi connectivity index (χ4n) is 2.20. The summed E-state index contributed by atoms with van der Waals surface area (Å²) in [6, 6.07) is 10.7. The molecule has 1 amide bonds. The maximum atomic E-state index is 12.0. The number of thiophene rings is 1. The zero-order valence-electron chi connectivity index (χ0n) is 12.7. The third kappa shape index (κ3) is 4.07. The lowest BCUT2D eigenvalue weighted by molar-refractivity contribution is -0.111. The molecule has 0 saturated carbocycles. The second-order valence-corrected chi connectivity index (χ2v) is 6.80. The van der Waals surface area contributed by atoms with E-state index in [1.165, 1.54) is 29.8 Å². The minimum atomic E-state index is -1.09. The Morgan fingerprint density at radius 3 is 2.60 bits per heavy atom. The summed E-state index contributed by atoms with van der Waals surface area (Å²) in [5.74, 6) is -0.983. The van der Waals surface area contributed by atoms with E-state index in [2.05, 4.69) is 21.2 Å². The summed E-state index contributed by atoms with van der Waals surface area (Å²) in [4.78, 5) is 23.7. The molecule has 2 heterocycles. The number of carboxylic acid groups (broad SMARTS) is 1. The van der Waals surface area contributed by atoms with Gasteiger partial charge >= 0.3 is 5.97 Å². The van der Waals surface area contributed by atoms with Crippen molar-refractivity contribution >= 4 is 50.2 Å². The number of amides is 1. The van der Waals surface area contributed by atoms with E-state index in [-0.39, 0.29) is 5.56 Å². The van der Waals surface area contributed by atoms with Crippen molar-refractivity contribution in [3.05, 3.63) is 69.9 Å². The molecule has 0 aliphatic rings. The molecule has 25 heavy (non-hydrogen) atoms. The van der Waals surface area contributed by atoms with Crippen molar-refractivity contribution in [1.82, 2.24) is 0 Å². The molecule has 2 N–H and O–H groups in total. The van der Waals surface area contributed by atoms with Gasteiger partial charge in [-0.15, -0.1) is 11.3 Å². The van der Waals surface area contributed by atoms with Crippen LogP contribution in [0.4, 0.5) is 5.00 Å². The number of aromatic carboxylic acids is 1. The van der Waals surface area contributed by atoms with Crippen LogP contribution in [0.15, 0.2) is 63.0 Å². The summed E-state index contributed by atoms with van der Waals surface area (Å²) in [7, 11) is 0. The number of carbonyl (C=O) groups excluding carboxylic acids is 1. The number of carbonyl (C=O) groups is 2. The number of hydrogen-bond donors (Lipinski definition) is 2. The van der Waals surface area contributed by atoms with Crippen LogP contribution >= 0.6 is 27.3 Å². The SMILES string of the molecule is O=C(/C=C/c1ccco1)Nc1scc(-c2ccc(Br)cc2)c1C(=O)O. The molecule has 0 unspecified atom stereocenters. The third-order valence-electron chi connectivity index (χ3n) is 3.34. The minimum absolute atomic E-state index is 0.0760. The Balaban J connectivity index is 1.85. The second kappa shape index (κ2) is 7.50. The van der Waals surface area contributed by atoms with Crippen LogP contribution in [0.5, 0.6) is 0 Å². The predicted molar refractivity (Wildman–Crippen MR) is 101 cm³/mol. The molecular formula is C18H12BrNO4S. The maximum absolute atomic E-state index is 12.0. The second-order valence-electron chi connectivity index (χ2n) is 5.00. The van der Waals surface area contributed by atoms with Gasteiger partial charge in [-0.1, -0.05) is 28.1 Å². The fourth-order valence-corrected chi connectivity index (χ4v) is 3.43. The van der Waals surface area contributed by atoms with E-state index in [9.17, 15) is 14.7 Å². The number of carboxylic acids is 1. The van der Waals surface area contributed by atoms with E-state index in [1.54, 1.807) is 17.5 Å². The number of halogens is 1. The summed E-state index contributed by atoms with van der Waals surface area (Å²) in [5.41, 5.74) is 1.41. The van der Waals surface area contributed by atoms with Crippen LogP contribution in [0.2, 0.25) is 0 Å². The predicted octanol–water partition coefficient (Wildman–Crippen LogP) is 5.12. The van der Waals surface area contributed by atoms with Crippen molar-refractivity contribution in [2.24, 2.45) is 0 Å². The molecule has 2 aromatic heterocycles. The lowest BCUT2D eigenvalue weighted by Gasteiger charge is -2.04. The van der Waals surface area contributed by atoms with Gasteiger partial charge in [-0.25, -0.2) is 4.79 Å². The molecule has 3 aromatic rings. The van der Waals surface area contributed by atoms with E-state index in [0.717, 1.165) is 10.0 Å². The van der Waals surface area contributed by atoms with E-state index in [0.29, 0.717) is 16.3 Å². The number of hydrogen-bond acceptors (Lipinski definition) is 4. The van der Waals surface area contributed by atoms with Crippen LogP contribution in [0.25, 0.3) is 17.2 Å². The van der Waals surface area contributed by atoms with Gasteiger partial charge < -0.3 is 14.8 Å². The van der Waals surface area contributed by atoms with Crippen LogP contribution < -0.4 is 5.32 Å². The van der Waals surface area contributed by atoms with Crippen molar-refractivity contribution in [3.63, 3.8) is 0 Å². The molecule has 0 fully saturated rings. The molecule has 0 atom stereocenters. The first-order valence-corrected chi connectivity index (χ1v) is 8.85. The average molecular weight is 418 g/mol. The molecule has 5 nitrogen and oxygen atoms in total. The first-order chi connectivity index (χ1) is 12.0. The number of benzene rings is 1. The lowest BCUT2D eigenvalue weighted by atomic mass is 10.0. The minimum Gasteiger partial charge on any atom is -0.478 e. The summed E-state index contributed by atoms with van der Waals surface area (Å²) >= 11 is 4.52. The Labute approximate surface area is 155 Å². The quantitative estimate of drug-likeness (QED) is 0.564. The summed E-state index contributed by atoms with van der Waals surface area (Å²) in [6.45, 7) is 0. The van der Waals surface area contributed by atoms with E-state index in [1.807, 2.05) is 24.3 Å². The highest BCUT2D eigenvalue weighted by Crippen LogP contribution is 2.36. The van der Waals surface area contributed by atoms with Gasteiger partial charge in [0.05, 0.1) is 6.26 Å². The van der Waals surface area contributed by atoms with Crippen molar-refractivity contribution < 1.29 is 19.1 Å². The van der Waals surface area contributed by atoms with Crippen molar-refractivity contribution in [2.45, 2.75) is 0 Å². The molecule has 126 valence electrons. The molecule has 3 rings (SSSR count). The van der Waals surface area contributed by atoms with Gasteiger partial charge in [0.15, 0.2) is 0 Å². The summed E-state index contributed by atoms with van der Waals surface area (Å²) in [6.07, 6.45) is 4.31. The molecule has 0 aliphatic carbocycles. The molecule has 7 heteroatoms. The van der Waals surface area contributed by atoms with E-state index >= 15 is 0 Å². The number of furan rings is 1. The highest BCUT2D eigenvalue weighted by atomic mass is 79.9. The van der Waals surface area contributed by atoms with Gasteiger partial charge in [0, 0.05) is 21.5 Å². The largest absolute Gasteiger partial charge is 0.478 e. The number of rotatable bonds is 5. The summed E-state index contributed by atoms with van der Waals surface area (Å²) in [5, 5.41) is 14.2. The summed E-state index contributed by atoms with van der Waals surface area (Å²) < 4.78 is 6.01. The smallest absolute Gasteiger partial charge is 0.339 e. The Kier molecular flexibility index (Phi) is 5.16. The van der Waals surface area contributed by atoms with Gasteiger partial charge in [-0.05, 0) is 35.9 Å². The van der Waals surface area contributed by atoms with Crippen molar-refractivity contribution in [1.29, 1.82) is 0 Å². The average Bonchev–Trinajstić information content (AvgIpc) is 3.23. The van der Waals surface area contributed by atoms with Crippen LogP contribution in [-0.4, -0.2) is 17.0 Å². The molecule has 1 aromatic carbocycles. The zero-order chi connectivity index (χ0) is 17.8. The van der Waals surface area contributed by atoms with Gasteiger partial charge in [-0.2, -0.15) is 0 Å². The first-order valence-electron chi connectivity index (χ1n) is 7.18. The topological polar surface area (TPSA) is 79.5 Å². The van der Waals surface area contributed by atoms with Crippen molar-refractivity contribution in [3.8, 4) is 11.1 Å². The van der Waals surface area contributed by atoms with Gasteiger partial charge in [0.2, 0.25) is 5.91 Å². The number of nitrogens with one attached hydrogen (secondary N) is 1. The Bertz CT molecular complexity index is 927. The molecule has 0 radical (unpaired) electrons. The van der Waals surface area contributed by atoms with E-state index in [4.69, 9.17) is 4.42 Å². The van der Waals surface area contributed by atoms with Crippen LogP contribution in [-0.2, 0) is 4.79 Å². The van der Waals surface area contributed by atoms with Gasteiger partial charge in [0.25, 0.3) is 0 Å². The standard InChI is InChI=1S/C18H12BrNO4S/c19-12-5-3-11(4-6-12)14-10-25-17(16(14)18(22)23)20-15(21)8-7-13-2-1-9-24-13/h1-10H,(H,20,21)(H,22,23)/b8-7+. The van der Waals surface area contributed by atoms with Crippen LogP contribution in [0.3, 0.4) is 0 Å². The molecule has 0 bridgehead atoms.